The minimum Gasteiger partial charge on any atom is -0.461 e. The molecule has 0 bridgehead atoms. The molecule has 1 spiro atoms. The number of rotatable bonds is 3. The maximum atomic E-state index is 12.7. The van der Waals surface area contributed by atoms with Crippen molar-refractivity contribution in [1.82, 2.24) is 9.88 Å². The Balaban J connectivity index is 1.35. The molecule has 1 aromatic heterocycles. The van der Waals surface area contributed by atoms with Crippen molar-refractivity contribution >= 4 is 35.0 Å². The van der Waals surface area contributed by atoms with Crippen LogP contribution in [-0.4, -0.2) is 65.9 Å². The number of hydrogen-bond acceptors (Lipinski definition) is 6. The van der Waals surface area contributed by atoms with Crippen molar-refractivity contribution < 1.29 is 14.6 Å². The lowest BCUT2D eigenvalue weighted by atomic mass is 9.76. The standard InChI is InChI=1S/C19H25Cl2N3O3/c20-13-9-16(21)17(22-11-13)24-7-3-19(4-8-24)10-15(27-18(19)26)12-23-5-1-14(25)2-6-23/h9,11,14-15,25H,1-8,10,12H2. The highest BCUT2D eigenvalue weighted by Gasteiger charge is 2.50. The van der Waals surface area contributed by atoms with Gasteiger partial charge in [0.1, 0.15) is 11.9 Å². The number of aliphatic hydroxyl groups is 1. The summed E-state index contributed by atoms with van der Waals surface area (Å²) in [4.78, 5) is 21.4. The van der Waals surface area contributed by atoms with Crippen molar-refractivity contribution in [3.05, 3.63) is 22.3 Å². The van der Waals surface area contributed by atoms with Gasteiger partial charge in [-0.05, 0) is 31.7 Å². The zero-order valence-electron chi connectivity index (χ0n) is 15.2. The van der Waals surface area contributed by atoms with Gasteiger partial charge in [0, 0.05) is 45.3 Å². The summed E-state index contributed by atoms with van der Waals surface area (Å²) in [7, 11) is 0. The first-order chi connectivity index (χ1) is 12.9. The Morgan fingerprint density at radius 1 is 1.22 bits per heavy atom. The second kappa shape index (κ2) is 7.74. The Kier molecular flexibility index (Phi) is 5.52. The molecule has 3 saturated heterocycles. The summed E-state index contributed by atoms with van der Waals surface area (Å²) in [6.45, 7) is 3.97. The van der Waals surface area contributed by atoms with Gasteiger partial charge in [-0.3, -0.25) is 9.69 Å². The first kappa shape index (κ1) is 19.2. The average Bonchev–Trinajstić information content (AvgIpc) is 2.93. The van der Waals surface area contributed by atoms with E-state index < -0.39 is 0 Å². The number of carbonyl (C=O) groups excluding carboxylic acids is 1. The molecular weight excluding hydrogens is 389 g/mol. The van der Waals surface area contributed by atoms with E-state index in [0.29, 0.717) is 10.0 Å². The van der Waals surface area contributed by atoms with Crippen molar-refractivity contribution in [2.75, 3.05) is 37.6 Å². The minimum atomic E-state index is -0.380. The SMILES string of the molecule is O=C1OC(CN2CCC(O)CC2)CC12CCN(c1ncc(Cl)cc1Cl)CC2. The van der Waals surface area contributed by atoms with Crippen LogP contribution < -0.4 is 4.90 Å². The molecule has 4 heterocycles. The molecule has 6 nitrogen and oxygen atoms in total. The van der Waals surface area contributed by atoms with Gasteiger partial charge >= 0.3 is 5.97 Å². The highest BCUT2D eigenvalue weighted by atomic mass is 35.5. The zero-order chi connectivity index (χ0) is 19.0. The summed E-state index contributed by atoms with van der Waals surface area (Å²) < 4.78 is 5.74. The molecule has 1 unspecified atom stereocenters. The normalized spacial score (nSPS) is 26.6. The molecule has 0 aliphatic carbocycles. The molecule has 0 amide bonds. The Morgan fingerprint density at radius 2 is 1.93 bits per heavy atom. The largest absolute Gasteiger partial charge is 0.461 e. The first-order valence-corrected chi connectivity index (χ1v) is 10.4. The summed E-state index contributed by atoms with van der Waals surface area (Å²) in [5, 5.41) is 10.7. The van der Waals surface area contributed by atoms with Crippen LogP contribution in [0, 0.1) is 5.41 Å². The van der Waals surface area contributed by atoms with Crippen molar-refractivity contribution in [2.45, 2.75) is 44.3 Å². The lowest BCUT2D eigenvalue weighted by Crippen LogP contribution is -2.43. The van der Waals surface area contributed by atoms with Gasteiger partial charge < -0.3 is 14.7 Å². The quantitative estimate of drug-likeness (QED) is 0.768. The van der Waals surface area contributed by atoms with Gasteiger partial charge in [0.05, 0.1) is 21.6 Å². The van der Waals surface area contributed by atoms with E-state index in [2.05, 4.69) is 14.8 Å². The minimum absolute atomic E-state index is 0.0449. The summed E-state index contributed by atoms with van der Waals surface area (Å²) in [5.74, 6) is 0.671. The Bertz CT molecular complexity index is 701. The molecular formula is C19H25Cl2N3O3. The summed E-state index contributed by atoms with van der Waals surface area (Å²) in [6.07, 6.45) is 5.25. The Hall–Kier alpha value is -1.08. The first-order valence-electron chi connectivity index (χ1n) is 9.63. The van der Waals surface area contributed by atoms with Crippen molar-refractivity contribution in [3.63, 3.8) is 0 Å². The van der Waals surface area contributed by atoms with E-state index in [1.54, 1.807) is 12.3 Å². The lowest BCUT2D eigenvalue weighted by molar-refractivity contribution is -0.150. The molecule has 8 heteroatoms. The number of esters is 1. The number of aromatic nitrogens is 1. The fourth-order valence-electron chi connectivity index (χ4n) is 4.52. The average molecular weight is 414 g/mol. The zero-order valence-corrected chi connectivity index (χ0v) is 16.8. The van der Waals surface area contributed by atoms with Gasteiger partial charge in [-0.2, -0.15) is 0 Å². The predicted octanol–water partition coefficient (Wildman–Crippen LogP) is 2.75. The van der Waals surface area contributed by atoms with E-state index >= 15 is 0 Å². The van der Waals surface area contributed by atoms with Gasteiger partial charge in [0.2, 0.25) is 0 Å². The van der Waals surface area contributed by atoms with E-state index in [4.69, 9.17) is 27.9 Å². The van der Waals surface area contributed by atoms with Gasteiger partial charge in [0.15, 0.2) is 0 Å². The molecule has 4 rings (SSSR count). The molecule has 0 aromatic carbocycles. The van der Waals surface area contributed by atoms with E-state index in [9.17, 15) is 9.90 Å². The molecule has 3 aliphatic rings. The number of halogens is 2. The summed E-state index contributed by atoms with van der Waals surface area (Å²) in [6, 6.07) is 1.70. The smallest absolute Gasteiger partial charge is 0.312 e. The fraction of sp³-hybridized carbons (Fsp3) is 0.684. The maximum Gasteiger partial charge on any atom is 0.312 e. The number of hydrogen-bond donors (Lipinski definition) is 1. The Morgan fingerprint density at radius 3 is 2.59 bits per heavy atom. The van der Waals surface area contributed by atoms with Crippen LogP contribution in [0.5, 0.6) is 0 Å². The highest BCUT2D eigenvalue weighted by molar-refractivity contribution is 6.36. The van der Waals surface area contributed by atoms with Crippen LogP contribution in [-0.2, 0) is 9.53 Å². The maximum absolute atomic E-state index is 12.7. The molecule has 1 aromatic rings. The third-order valence-electron chi connectivity index (χ3n) is 6.15. The number of piperidine rings is 2. The predicted molar refractivity (Wildman–Crippen MR) is 104 cm³/mol. The molecule has 0 radical (unpaired) electrons. The Labute approximate surface area is 169 Å². The van der Waals surface area contributed by atoms with Crippen LogP contribution in [0.15, 0.2) is 12.3 Å². The van der Waals surface area contributed by atoms with Crippen molar-refractivity contribution in [1.29, 1.82) is 0 Å². The van der Waals surface area contributed by atoms with Crippen LogP contribution >= 0.6 is 23.2 Å². The van der Waals surface area contributed by atoms with Crippen LogP contribution in [0.25, 0.3) is 0 Å². The molecule has 3 aliphatic heterocycles. The lowest BCUT2D eigenvalue weighted by Gasteiger charge is -2.37. The molecule has 27 heavy (non-hydrogen) atoms. The number of cyclic esters (lactones) is 1. The molecule has 1 atom stereocenters. The summed E-state index contributed by atoms with van der Waals surface area (Å²) in [5.41, 5.74) is -0.380. The number of nitrogens with zero attached hydrogens (tertiary/aromatic N) is 3. The summed E-state index contributed by atoms with van der Waals surface area (Å²) >= 11 is 12.2. The molecule has 3 fully saturated rings. The van der Waals surface area contributed by atoms with Crippen LogP contribution in [0.3, 0.4) is 0 Å². The second-order valence-electron chi connectivity index (χ2n) is 7.99. The van der Waals surface area contributed by atoms with E-state index in [1.807, 2.05) is 0 Å². The van der Waals surface area contributed by atoms with Crippen molar-refractivity contribution in [3.8, 4) is 0 Å². The number of pyridine rings is 1. The van der Waals surface area contributed by atoms with Gasteiger partial charge in [-0.25, -0.2) is 4.98 Å². The van der Waals surface area contributed by atoms with E-state index in [-0.39, 0.29) is 23.6 Å². The van der Waals surface area contributed by atoms with E-state index in [0.717, 1.165) is 70.6 Å². The number of ether oxygens (including phenoxy) is 1. The molecule has 0 saturated carbocycles. The van der Waals surface area contributed by atoms with Crippen LogP contribution in [0.4, 0.5) is 5.82 Å². The third-order valence-corrected chi connectivity index (χ3v) is 6.64. The van der Waals surface area contributed by atoms with Crippen molar-refractivity contribution in [2.24, 2.45) is 5.41 Å². The third kappa shape index (κ3) is 4.04. The number of likely N-dealkylation sites (tertiary alicyclic amines) is 1. The fourth-order valence-corrected chi connectivity index (χ4v) is 5.02. The number of aliphatic hydroxyl groups excluding tert-OH is 1. The van der Waals surface area contributed by atoms with Gasteiger partial charge in [-0.15, -0.1) is 0 Å². The van der Waals surface area contributed by atoms with Gasteiger partial charge in [-0.1, -0.05) is 23.2 Å². The highest BCUT2D eigenvalue weighted by Crippen LogP contribution is 2.44. The molecule has 1 N–H and O–H groups in total. The topological polar surface area (TPSA) is 65.9 Å². The van der Waals surface area contributed by atoms with Gasteiger partial charge in [0.25, 0.3) is 0 Å². The van der Waals surface area contributed by atoms with Crippen LogP contribution in [0.1, 0.15) is 32.1 Å². The number of carbonyl (C=O) groups is 1. The number of anilines is 1. The van der Waals surface area contributed by atoms with Crippen LogP contribution in [0.2, 0.25) is 10.0 Å². The van der Waals surface area contributed by atoms with E-state index in [1.165, 1.54) is 0 Å². The molecule has 148 valence electrons. The monoisotopic (exact) mass is 413 g/mol. The second-order valence-corrected chi connectivity index (χ2v) is 8.83.